The first kappa shape index (κ1) is 25.8. The second-order valence-corrected chi connectivity index (χ2v) is 8.51. The van der Waals surface area contributed by atoms with Crippen molar-refractivity contribution < 1.29 is 37.3 Å². The van der Waals surface area contributed by atoms with Gasteiger partial charge in [0, 0.05) is 18.7 Å². The second kappa shape index (κ2) is 11.2. The van der Waals surface area contributed by atoms with Crippen LogP contribution in [-0.4, -0.2) is 48.0 Å². The van der Waals surface area contributed by atoms with Gasteiger partial charge in [-0.05, 0) is 73.4 Å². The average molecular weight is 515 g/mol. The first-order chi connectivity index (χ1) is 17.7. The van der Waals surface area contributed by atoms with Gasteiger partial charge in [-0.25, -0.2) is 9.78 Å². The fraction of sp³-hybridized carbons (Fsp3) is 0.269. The number of anilines is 2. The first-order valence-corrected chi connectivity index (χ1v) is 11.5. The number of nitrogens with one attached hydrogen (secondary N) is 1. The Kier molecular flexibility index (Phi) is 7.80. The Morgan fingerprint density at radius 3 is 2.35 bits per heavy atom. The third-order valence-corrected chi connectivity index (χ3v) is 5.86. The van der Waals surface area contributed by atoms with E-state index in [1.165, 1.54) is 30.5 Å². The smallest absolute Gasteiger partial charge is 0.493 e. The van der Waals surface area contributed by atoms with Gasteiger partial charge in [0.15, 0.2) is 0 Å². The number of carboxylic acids is 1. The molecule has 1 aromatic heterocycles. The summed E-state index contributed by atoms with van der Waals surface area (Å²) in [5, 5.41) is 11.8. The lowest BCUT2D eigenvalue weighted by molar-refractivity contribution is -0.274. The van der Waals surface area contributed by atoms with Crippen molar-refractivity contribution in [3.05, 3.63) is 78.0 Å². The summed E-state index contributed by atoms with van der Waals surface area (Å²) in [6.45, 7) is 2.04. The highest BCUT2D eigenvalue weighted by Crippen LogP contribution is 2.25. The van der Waals surface area contributed by atoms with Gasteiger partial charge >= 0.3 is 12.3 Å². The van der Waals surface area contributed by atoms with Gasteiger partial charge in [-0.2, -0.15) is 0 Å². The molecule has 0 atom stereocenters. The molecule has 0 radical (unpaired) electrons. The molecule has 2 aromatic carbocycles. The number of pyridine rings is 1. The van der Waals surface area contributed by atoms with E-state index >= 15 is 0 Å². The second-order valence-electron chi connectivity index (χ2n) is 8.51. The maximum Gasteiger partial charge on any atom is 0.573 e. The van der Waals surface area contributed by atoms with Crippen LogP contribution in [-0.2, 0) is 0 Å². The number of hydrogen-bond acceptors (Lipinski definition) is 6. The van der Waals surface area contributed by atoms with E-state index in [0.29, 0.717) is 24.0 Å². The summed E-state index contributed by atoms with van der Waals surface area (Å²) in [5.41, 5.74) is 0.820. The fourth-order valence-electron chi connectivity index (χ4n) is 3.92. The Morgan fingerprint density at radius 2 is 1.73 bits per heavy atom. The minimum absolute atomic E-state index is 0.178. The molecule has 1 aliphatic rings. The molecule has 1 saturated heterocycles. The Bertz CT molecular complexity index is 1230. The van der Waals surface area contributed by atoms with Crippen LogP contribution in [0.5, 0.6) is 11.5 Å². The molecule has 8 nitrogen and oxygen atoms in total. The van der Waals surface area contributed by atoms with Crippen LogP contribution >= 0.6 is 0 Å². The van der Waals surface area contributed by atoms with Crippen molar-refractivity contribution in [3.8, 4) is 11.5 Å². The molecule has 0 spiro atoms. The Hall–Kier alpha value is -4.28. The van der Waals surface area contributed by atoms with Crippen LogP contribution in [0, 0.1) is 5.92 Å². The molecule has 1 amide bonds. The van der Waals surface area contributed by atoms with Crippen LogP contribution in [0.25, 0.3) is 0 Å². The Labute approximate surface area is 210 Å². The molecule has 37 heavy (non-hydrogen) atoms. The normalized spacial score (nSPS) is 14.2. The monoisotopic (exact) mass is 515 g/mol. The van der Waals surface area contributed by atoms with Gasteiger partial charge in [0.05, 0.1) is 24.1 Å². The van der Waals surface area contributed by atoms with Crippen molar-refractivity contribution in [1.29, 1.82) is 0 Å². The topological polar surface area (TPSA) is 101 Å². The first-order valence-electron chi connectivity index (χ1n) is 11.5. The molecule has 2 heterocycles. The number of rotatable bonds is 8. The SMILES string of the molecule is O=C(O)c1cccc(OCC2CCN(c3ccc(NC(=O)c4ccc(OC(F)(F)F)cc4)cn3)CC2)c1. The largest absolute Gasteiger partial charge is 0.573 e. The van der Waals surface area contributed by atoms with E-state index in [1.807, 2.05) is 0 Å². The summed E-state index contributed by atoms with van der Waals surface area (Å²) in [6.07, 6.45) is -1.50. The van der Waals surface area contributed by atoms with E-state index < -0.39 is 24.0 Å². The Morgan fingerprint density at radius 1 is 1.00 bits per heavy atom. The van der Waals surface area contributed by atoms with Crippen LogP contribution in [0.2, 0.25) is 0 Å². The van der Waals surface area contributed by atoms with E-state index in [0.717, 1.165) is 43.9 Å². The predicted molar refractivity (Wildman–Crippen MR) is 129 cm³/mol. The number of aromatic nitrogens is 1. The molecule has 11 heteroatoms. The van der Waals surface area contributed by atoms with E-state index in [1.54, 1.807) is 24.3 Å². The van der Waals surface area contributed by atoms with Gasteiger partial charge in [0.2, 0.25) is 0 Å². The lowest BCUT2D eigenvalue weighted by Gasteiger charge is -2.32. The van der Waals surface area contributed by atoms with Gasteiger partial charge in [0.1, 0.15) is 17.3 Å². The molecule has 194 valence electrons. The highest BCUT2D eigenvalue weighted by Gasteiger charge is 2.31. The summed E-state index contributed by atoms with van der Waals surface area (Å²) in [4.78, 5) is 30.0. The number of aromatic carboxylic acids is 1. The molecule has 0 aliphatic carbocycles. The highest BCUT2D eigenvalue weighted by atomic mass is 19.4. The summed E-state index contributed by atoms with van der Waals surface area (Å²) >= 11 is 0. The van der Waals surface area contributed by atoms with Crippen LogP contribution in [0.15, 0.2) is 66.9 Å². The Balaban J connectivity index is 1.24. The number of ether oxygens (including phenoxy) is 2. The summed E-state index contributed by atoms with van der Waals surface area (Å²) < 4.78 is 46.4. The molecular weight excluding hydrogens is 491 g/mol. The van der Waals surface area contributed by atoms with Crippen molar-refractivity contribution in [2.75, 3.05) is 29.9 Å². The summed E-state index contributed by atoms with van der Waals surface area (Å²) in [7, 11) is 0. The van der Waals surface area contributed by atoms with E-state index in [2.05, 4.69) is 19.9 Å². The van der Waals surface area contributed by atoms with E-state index in [9.17, 15) is 22.8 Å². The maximum absolute atomic E-state index is 12.4. The number of carboxylic acid groups (broad SMARTS) is 1. The minimum Gasteiger partial charge on any atom is -0.493 e. The van der Waals surface area contributed by atoms with Crippen LogP contribution in [0.1, 0.15) is 33.6 Å². The molecule has 0 unspecified atom stereocenters. The lowest BCUT2D eigenvalue weighted by atomic mass is 9.98. The van der Waals surface area contributed by atoms with Crippen molar-refractivity contribution in [2.45, 2.75) is 19.2 Å². The lowest BCUT2D eigenvalue weighted by Crippen LogP contribution is -2.36. The number of alkyl halides is 3. The molecule has 1 aliphatic heterocycles. The number of piperidine rings is 1. The summed E-state index contributed by atoms with van der Waals surface area (Å²) in [6, 6.07) is 14.6. The number of benzene rings is 2. The van der Waals surface area contributed by atoms with E-state index in [4.69, 9.17) is 9.84 Å². The molecular formula is C26H24F3N3O5. The molecule has 3 aromatic rings. The maximum atomic E-state index is 12.4. The quantitative estimate of drug-likeness (QED) is 0.424. The number of halogens is 3. The van der Waals surface area contributed by atoms with E-state index in [-0.39, 0.29) is 11.1 Å². The predicted octanol–water partition coefficient (Wildman–Crippen LogP) is 5.23. The average Bonchev–Trinajstić information content (AvgIpc) is 2.88. The highest BCUT2D eigenvalue weighted by molar-refractivity contribution is 6.04. The minimum atomic E-state index is -4.80. The van der Waals surface area contributed by atoms with Crippen LogP contribution in [0.3, 0.4) is 0 Å². The zero-order valence-electron chi connectivity index (χ0n) is 19.6. The number of carbonyl (C=O) groups excluding carboxylic acids is 1. The van der Waals surface area contributed by atoms with Gasteiger partial charge < -0.3 is 24.8 Å². The molecule has 0 saturated carbocycles. The van der Waals surface area contributed by atoms with Gasteiger partial charge in [-0.3, -0.25) is 4.79 Å². The van der Waals surface area contributed by atoms with Crippen molar-refractivity contribution >= 4 is 23.4 Å². The molecule has 4 rings (SSSR count). The number of amides is 1. The fourth-order valence-corrected chi connectivity index (χ4v) is 3.92. The van der Waals surface area contributed by atoms with Crippen molar-refractivity contribution in [2.24, 2.45) is 5.92 Å². The third-order valence-electron chi connectivity index (χ3n) is 5.86. The number of carbonyl (C=O) groups is 2. The number of hydrogen-bond donors (Lipinski definition) is 2. The van der Waals surface area contributed by atoms with Gasteiger partial charge in [0.25, 0.3) is 5.91 Å². The third kappa shape index (κ3) is 7.35. The van der Waals surface area contributed by atoms with Crippen molar-refractivity contribution in [3.63, 3.8) is 0 Å². The van der Waals surface area contributed by atoms with Crippen LogP contribution < -0.4 is 19.7 Å². The zero-order chi connectivity index (χ0) is 26.4. The summed E-state index contributed by atoms with van der Waals surface area (Å²) in [5.74, 6) is -0.255. The van der Waals surface area contributed by atoms with Gasteiger partial charge in [-0.1, -0.05) is 6.07 Å². The zero-order valence-corrected chi connectivity index (χ0v) is 19.6. The van der Waals surface area contributed by atoms with Crippen molar-refractivity contribution in [1.82, 2.24) is 4.98 Å². The molecule has 1 fully saturated rings. The van der Waals surface area contributed by atoms with Crippen LogP contribution in [0.4, 0.5) is 24.7 Å². The van der Waals surface area contributed by atoms with Gasteiger partial charge in [-0.15, -0.1) is 13.2 Å². The standard InChI is InChI=1S/C26H24F3N3O5/c27-26(28,29)37-21-7-4-18(5-8-21)24(33)31-20-6-9-23(30-15-20)32-12-10-17(11-13-32)16-36-22-3-1-2-19(14-22)25(34)35/h1-9,14-15,17H,10-13,16H2,(H,31,33)(H,34,35). The molecule has 2 N–H and O–H groups in total. The molecule has 0 bridgehead atoms. The number of nitrogens with zero attached hydrogens (tertiary/aromatic N) is 2.